The second kappa shape index (κ2) is 5.40. The van der Waals surface area contributed by atoms with E-state index in [0.717, 1.165) is 24.6 Å². The van der Waals surface area contributed by atoms with Gasteiger partial charge in [0.1, 0.15) is 11.4 Å². The molecule has 1 aliphatic heterocycles. The minimum absolute atomic E-state index is 0.0391. The minimum atomic E-state index is -0.0391. The molecule has 0 spiro atoms. The molecule has 2 aliphatic rings. The molecule has 1 aliphatic carbocycles. The van der Waals surface area contributed by atoms with E-state index in [1.807, 2.05) is 0 Å². The Hall–Kier alpha value is -1.02. The van der Waals surface area contributed by atoms with Crippen LogP contribution >= 0.6 is 0 Å². The third-order valence-electron chi connectivity index (χ3n) is 4.73. The molecule has 110 valence electrons. The molecule has 1 fully saturated rings. The Bertz CT molecular complexity index is 476. The number of hydrogen-bond donors (Lipinski definition) is 1. The number of fused-ring (bicyclic) bond motifs is 1. The summed E-state index contributed by atoms with van der Waals surface area (Å²) in [5.74, 6) is 2.01. The van der Waals surface area contributed by atoms with Crippen LogP contribution in [0, 0.1) is 5.92 Å². The summed E-state index contributed by atoms with van der Waals surface area (Å²) in [4.78, 5) is 0. The van der Waals surface area contributed by atoms with Crippen molar-refractivity contribution in [2.75, 3.05) is 6.54 Å². The third-order valence-corrected chi connectivity index (χ3v) is 4.73. The lowest BCUT2D eigenvalue weighted by molar-refractivity contribution is 0.138. The maximum absolute atomic E-state index is 5.98. The number of benzene rings is 1. The molecule has 1 N–H and O–H groups in total. The van der Waals surface area contributed by atoms with Gasteiger partial charge in [-0.2, -0.15) is 0 Å². The van der Waals surface area contributed by atoms with E-state index in [2.05, 4.69) is 44.3 Å². The molecule has 2 heteroatoms. The van der Waals surface area contributed by atoms with Gasteiger partial charge in [0.25, 0.3) is 0 Å². The van der Waals surface area contributed by atoms with Crippen LogP contribution in [-0.2, 0) is 6.42 Å². The maximum atomic E-state index is 5.98. The summed E-state index contributed by atoms with van der Waals surface area (Å²) in [5.41, 5.74) is 2.78. The van der Waals surface area contributed by atoms with Crippen molar-refractivity contribution in [3.05, 3.63) is 29.3 Å². The molecule has 1 aromatic carbocycles. The molecule has 0 aromatic heterocycles. The molecule has 0 radical (unpaired) electrons. The van der Waals surface area contributed by atoms with Crippen LogP contribution in [-0.4, -0.2) is 12.1 Å². The van der Waals surface area contributed by atoms with E-state index in [9.17, 15) is 0 Å². The van der Waals surface area contributed by atoms with Gasteiger partial charge in [0, 0.05) is 12.5 Å². The number of hydrogen-bond acceptors (Lipinski definition) is 2. The molecule has 0 amide bonds. The molecule has 0 saturated heterocycles. The van der Waals surface area contributed by atoms with E-state index in [1.54, 1.807) is 0 Å². The molecular weight excluding hydrogens is 246 g/mol. The van der Waals surface area contributed by atoms with Crippen molar-refractivity contribution in [2.24, 2.45) is 5.92 Å². The zero-order chi connectivity index (χ0) is 14.2. The Morgan fingerprint density at radius 2 is 2.15 bits per heavy atom. The lowest BCUT2D eigenvalue weighted by atomic mass is 9.79. The highest BCUT2D eigenvalue weighted by Crippen LogP contribution is 2.39. The number of ether oxygens (including phenoxy) is 1. The van der Waals surface area contributed by atoms with Crippen LogP contribution in [0.15, 0.2) is 18.2 Å². The second-order valence-corrected chi connectivity index (χ2v) is 7.05. The molecule has 1 atom stereocenters. The molecule has 2 nitrogen and oxygen atoms in total. The molecule has 1 aromatic rings. The quantitative estimate of drug-likeness (QED) is 0.866. The first-order valence-electron chi connectivity index (χ1n) is 8.12. The molecule has 3 rings (SSSR count). The van der Waals surface area contributed by atoms with Gasteiger partial charge in [-0.1, -0.05) is 38.3 Å². The summed E-state index contributed by atoms with van der Waals surface area (Å²) in [5, 5.41) is 3.67. The van der Waals surface area contributed by atoms with Crippen molar-refractivity contribution < 1.29 is 4.74 Å². The monoisotopic (exact) mass is 273 g/mol. The van der Waals surface area contributed by atoms with Crippen LogP contribution in [0.1, 0.15) is 63.6 Å². The van der Waals surface area contributed by atoms with E-state index in [-0.39, 0.29) is 5.60 Å². The third kappa shape index (κ3) is 2.85. The lowest BCUT2D eigenvalue weighted by Gasteiger charge is -2.30. The van der Waals surface area contributed by atoms with Gasteiger partial charge in [-0.25, -0.2) is 0 Å². The Balaban J connectivity index is 1.77. The Morgan fingerprint density at radius 1 is 1.35 bits per heavy atom. The number of rotatable bonds is 5. The zero-order valence-electron chi connectivity index (χ0n) is 13.0. The minimum Gasteiger partial charge on any atom is -0.487 e. The van der Waals surface area contributed by atoms with Gasteiger partial charge >= 0.3 is 0 Å². The van der Waals surface area contributed by atoms with Crippen LogP contribution in [0.2, 0.25) is 0 Å². The largest absolute Gasteiger partial charge is 0.487 e. The van der Waals surface area contributed by atoms with E-state index in [0.29, 0.717) is 6.04 Å². The van der Waals surface area contributed by atoms with Gasteiger partial charge in [-0.05, 0) is 49.9 Å². The van der Waals surface area contributed by atoms with Gasteiger partial charge in [0.15, 0.2) is 0 Å². The van der Waals surface area contributed by atoms with Crippen LogP contribution < -0.4 is 10.1 Å². The highest BCUT2D eigenvalue weighted by molar-refractivity contribution is 5.42. The molecule has 1 unspecified atom stereocenters. The van der Waals surface area contributed by atoms with Crippen LogP contribution in [0.5, 0.6) is 5.75 Å². The zero-order valence-corrected chi connectivity index (χ0v) is 13.0. The smallest absolute Gasteiger partial charge is 0.123 e. The fourth-order valence-electron chi connectivity index (χ4n) is 3.49. The van der Waals surface area contributed by atoms with Crippen LogP contribution in [0.3, 0.4) is 0 Å². The Kier molecular flexibility index (Phi) is 3.76. The first kappa shape index (κ1) is 13.9. The molecule has 1 saturated carbocycles. The molecule has 1 heterocycles. The van der Waals surface area contributed by atoms with Gasteiger partial charge in [0.2, 0.25) is 0 Å². The van der Waals surface area contributed by atoms with Crippen molar-refractivity contribution >= 4 is 0 Å². The maximum Gasteiger partial charge on any atom is 0.123 e. The first-order chi connectivity index (χ1) is 9.57. The fraction of sp³-hybridized carbons (Fsp3) is 0.667. The molecular formula is C18H27NO. The van der Waals surface area contributed by atoms with E-state index < -0.39 is 0 Å². The average Bonchev–Trinajstić information content (AvgIpc) is 2.64. The summed E-state index contributed by atoms with van der Waals surface area (Å²) in [6.07, 6.45) is 6.58. The molecule has 20 heavy (non-hydrogen) atoms. The van der Waals surface area contributed by atoms with Gasteiger partial charge < -0.3 is 10.1 Å². The van der Waals surface area contributed by atoms with Crippen molar-refractivity contribution in [1.29, 1.82) is 0 Å². The summed E-state index contributed by atoms with van der Waals surface area (Å²) >= 11 is 0. The average molecular weight is 273 g/mol. The van der Waals surface area contributed by atoms with Crippen molar-refractivity contribution in [3.8, 4) is 5.75 Å². The fourth-order valence-corrected chi connectivity index (χ4v) is 3.49. The summed E-state index contributed by atoms with van der Waals surface area (Å²) in [6, 6.07) is 7.31. The highest BCUT2D eigenvalue weighted by atomic mass is 16.5. The van der Waals surface area contributed by atoms with Crippen LogP contribution in [0.4, 0.5) is 0 Å². The SMILES string of the molecule is CCNC(CC1CCC1)c1ccc2c(c1)CC(C)(C)O2. The van der Waals surface area contributed by atoms with E-state index in [1.165, 1.54) is 36.8 Å². The topological polar surface area (TPSA) is 21.3 Å². The van der Waals surface area contributed by atoms with E-state index in [4.69, 9.17) is 4.74 Å². The van der Waals surface area contributed by atoms with Crippen molar-refractivity contribution in [1.82, 2.24) is 5.32 Å². The van der Waals surface area contributed by atoms with Gasteiger partial charge in [-0.15, -0.1) is 0 Å². The Labute approximate surface area is 122 Å². The summed E-state index contributed by atoms with van der Waals surface area (Å²) in [6.45, 7) is 7.58. The predicted octanol–water partition coefficient (Wildman–Crippen LogP) is 4.24. The second-order valence-electron chi connectivity index (χ2n) is 7.05. The Morgan fingerprint density at radius 3 is 2.80 bits per heavy atom. The predicted molar refractivity (Wildman–Crippen MR) is 83.2 cm³/mol. The highest BCUT2D eigenvalue weighted by Gasteiger charge is 2.31. The molecule has 0 bridgehead atoms. The number of nitrogens with one attached hydrogen (secondary N) is 1. The van der Waals surface area contributed by atoms with Crippen molar-refractivity contribution in [3.63, 3.8) is 0 Å². The van der Waals surface area contributed by atoms with Gasteiger partial charge in [-0.3, -0.25) is 0 Å². The summed E-state index contributed by atoms with van der Waals surface area (Å²) < 4.78 is 5.98. The van der Waals surface area contributed by atoms with Crippen LogP contribution in [0.25, 0.3) is 0 Å². The van der Waals surface area contributed by atoms with Gasteiger partial charge in [0.05, 0.1) is 0 Å². The lowest BCUT2D eigenvalue weighted by Crippen LogP contribution is -2.26. The summed E-state index contributed by atoms with van der Waals surface area (Å²) in [7, 11) is 0. The van der Waals surface area contributed by atoms with E-state index >= 15 is 0 Å². The standard InChI is InChI=1S/C18H27NO/c1-4-19-16(10-13-6-5-7-13)14-8-9-17-15(11-14)12-18(2,3)20-17/h8-9,11,13,16,19H,4-7,10,12H2,1-3H3. The normalized spacial score (nSPS) is 21.9. The first-order valence-corrected chi connectivity index (χ1v) is 8.12. The van der Waals surface area contributed by atoms with Crippen molar-refractivity contribution in [2.45, 2.75) is 64.5 Å².